The van der Waals surface area contributed by atoms with Crippen LogP contribution in [0.4, 0.5) is 0 Å². The molecule has 1 rings (SSSR count). The summed E-state index contributed by atoms with van der Waals surface area (Å²) in [4.78, 5) is 13.0. The summed E-state index contributed by atoms with van der Waals surface area (Å²) in [7, 11) is 3.57. The van der Waals surface area contributed by atoms with E-state index in [-0.39, 0.29) is 5.91 Å². The van der Waals surface area contributed by atoms with Gasteiger partial charge in [0.05, 0.1) is 0 Å². The molecule has 0 bridgehead atoms. The van der Waals surface area contributed by atoms with Gasteiger partial charge >= 0.3 is 0 Å². The van der Waals surface area contributed by atoms with E-state index >= 15 is 0 Å². The van der Waals surface area contributed by atoms with E-state index in [4.69, 9.17) is 0 Å². The number of carbonyl (C=O) groups excluding carboxylic acids is 1. The number of amides is 1. The third-order valence-corrected chi connectivity index (χ3v) is 2.47. The molecule has 0 saturated heterocycles. The normalized spacial score (nSPS) is 10.4. The Bertz CT molecular complexity index is 331. The average molecular weight is 223 g/mol. The van der Waals surface area contributed by atoms with Gasteiger partial charge in [-0.2, -0.15) is 0 Å². The highest BCUT2D eigenvalue weighted by Crippen LogP contribution is 2.02. The first-order chi connectivity index (χ1) is 7.63. The highest BCUT2D eigenvalue weighted by molar-refractivity contribution is 5.75. The van der Waals surface area contributed by atoms with Crippen molar-refractivity contribution in [1.29, 1.82) is 0 Å². The van der Waals surface area contributed by atoms with Crippen molar-refractivity contribution in [3.63, 3.8) is 0 Å². The molecule has 90 valence electrons. The second-order valence-corrected chi connectivity index (χ2v) is 4.08. The SMILES string of the molecule is CCNCc1ccn(CCC(=O)N(C)C)c1. The van der Waals surface area contributed by atoms with Crippen molar-refractivity contribution in [2.45, 2.75) is 26.4 Å². The van der Waals surface area contributed by atoms with Crippen LogP contribution in [0.15, 0.2) is 18.5 Å². The van der Waals surface area contributed by atoms with Crippen LogP contribution in [-0.4, -0.2) is 36.0 Å². The van der Waals surface area contributed by atoms with Gasteiger partial charge in [0.15, 0.2) is 0 Å². The minimum absolute atomic E-state index is 0.168. The van der Waals surface area contributed by atoms with Crippen LogP contribution >= 0.6 is 0 Å². The number of hydrogen-bond acceptors (Lipinski definition) is 2. The van der Waals surface area contributed by atoms with Crippen molar-refractivity contribution >= 4 is 5.91 Å². The number of rotatable bonds is 6. The molecule has 0 aliphatic carbocycles. The van der Waals surface area contributed by atoms with Crippen LogP contribution in [0.25, 0.3) is 0 Å². The van der Waals surface area contributed by atoms with Crippen molar-refractivity contribution in [2.24, 2.45) is 0 Å². The molecule has 0 atom stereocenters. The third kappa shape index (κ3) is 4.06. The predicted molar refractivity (Wildman–Crippen MR) is 65.1 cm³/mol. The van der Waals surface area contributed by atoms with Gasteiger partial charge in [-0.15, -0.1) is 0 Å². The summed E-state index contributed by atoms with van der Waals surface area (Å²) in [5.74, 6) is 0.168. The zero-order valence-electron chi connectivity index (χ0n) is 10.4. The van der Waals surface area contributed by atoms with Gasteiger partial charge in [-0.1, -0.05) is 6.92 Å². The van der Waals surface area contributed by atoms with E-state index in [0.29, 0.717) is 6.42 Å². The van der Waals surface area contributed by atoms with Gasteiger partial charge in [0.1, 0.15) is 0 Å². The van der Waals surface area contributed by atoms with Gasteiger partial charge in [0, 0.05) is 46.0 Å². The summed E-state index contributed by atoms with van der Waals surface area (Å²) in [6.07, 6.45) is 4.67. The maximum atomic E-state index is 11.4. The molecule has 1 N–H and O–H groups in total. The maximum absolute atomic E-state index is 11.4. The smallest absolute Gasteiger partial charge is 0.223 e. The van der Waals surface area contributed by atoms with Gasteiger partial charge in [0.25, 0.3) is 0 Å². The minimum atomic E-state index is 0.168. The van der Waals surface area contributed by atoms with Crippen LogP contribution in [0.1, 0.15) is 18.9 Å². The Hall–Kier alpha value is -1.29. The first-order valence-electron chi connectivity index (χ1n) is 5.69. The molecule has 1 amide bonds. The summed E-state index contributed by atoms with van der Waals surface area (Å²) in [6.45, 7) is 4.71. The van der Waals surface area contributed by atoms with Crippen LogP contribution in [0.2, 0.25) is 0 Å². The lowest BCUT2D eigenvalue weighted by atomic mass is 10.3. The summed E-state index contributed by atoms with van der Waals surface area (Å²) in [6, 6.07) is 2.09. The molecule has 4 nitrogen and oxygen atoms in total. The van der Waals surface area contributed by atoms with Gasteiger partial charge in [-0.3, -0.25) is 4.79 Å². The van der Waals surface area contributed by atoms with Gasteiger partial charge in [-0.05, 0) is 18.2 Å². The Morgan fingerprint density at radius 1 is 1.50 bits per heavy atom. The average Bonchev–Trinajstić information content (AvgIpc) is 2.70. The van der Waals surface area contributed by atoms with Gasteiger partial charge in [0.2, 0.25) is 5.91 Å². The van der Waals surface area contributed by atoms with Gasteiger partial charge < -0.3 is 14.8 Å². The Labute approximate surface area is 97.2 Å². The van der Waals surface area contributed by atoms with E-state index < -0.39 is 0 Å². The molecule has 1 heterocycles. The van der Waals surface area contributed by atoms with Crippen molar-refractivity contribution in [2.75, 3.05) is 20.6 Å². The first-order valence-corrected chi connectivity index (χ1v) is 5.69. The first kappa shape index (κ1) is 12.8. The molecule has 1 aromatic rings. The molecule has 0 radical (unpaired) electrons. The molecule has 0 unspecified atom stereocenters. The lowest BCUT2D eigenvalue weighted by Crippen LogP contribution is -2.22. The maximum Gasteiger partial charge on any atom is 0.223 e. The van der Waals surface area contributed by atoms with Crippen molar-refractivity contribution in [3.05, 3.63) is 24.0 Å². The number of nitrogens with one attached hydrogen (secondary N) is 1. The number of aromatic nitrogens is 1. The van der Waals surface area contributed by atoms with Crippen LogP contribution in [0.5, 0.6) is 0 Å². The van der Waals surface area contributed by atoms with Crippen molar-refractivity contribution in [1.82, 2.24) is 14.8 Å². The lowest BCUT2D eigenvalue weighted by molar-refractivity contribution is -0.128. The molecular formula is C12H21N3O. The van der Waals surface area contributed by atoms with Crippen molar-refractivity contribution in [3.8, 4) is 0 Å². The number of hydrogen-bond donors (Lipinski definition) is 1. The monoisotopic (exact) mass is 223 g/mol. The Morgan fingerprint density at radius 2 is 2.25 bits per heavy atom. The van der Waals surface area contributed by atoms with Crippen LogP contribution in [-0.2, 0) is 17.9 Å². The second-order valence-electron chi connectivity index (χ2n) is 4.08. The number of nitrogens with zero attached hydrogens (tertiary/aromatic N) is 2. The Kier molecular flexibility index (Phi) is 5.05. The molecule has 16 heavy (non-hydrogen) atoms. The summed E-state index contributed by atoms with van der Waals surface area (Å²) in [5, 5.41) is 3.27. The van der Waals surface area contributed by atoms with Gasteiger partial charge in [-0.25, -0.2) is 0 Å². The quantitative estimate of drug-likeness (QED) is 0.783. The second kappa shape index (κ2) is 6.33. The van der Waals surface area contributed by atoms with Crippen LogP contribution in [0.3, 0.4) is 0 Å². The molecule has 0 saturated carbocycles. The van der Waals surface area contributed by atoms with E-state index in [2.05, 4.69) is 29.1 Å². The van der Waals surface area contributed by atoms with E-state index in [1.54, 1.807) is 19.0 Å². The van der Waals surface area contributed by atoms with Crippen molar-refractivity contribution < 1.29 is 4.79 Å². The van der Waals surface area contributed by atoms with E-state index in [1.807, 2.05) is 6.20 Å². The fourth-order valence-corrected chi connectivity index (χ4v) is 1.45. The summed E-state index contributed by atoms with van der Waals surface area (Å²) >= 11 is 0. The Morgan fingerprint density at radius 3 is 2.88 bits per heavy atom. The number of carbonyl (C=O) groups is 1. The molecule has 0 aromatic carbocycles. The minimum Gasteiger partial charge on any atom is -0.353 e. The highest BCUT2D eigenvalue weighted by Gasteiger charge is 2.04. The molecule has 0 spiro atoms. The molecule has 0 aliphatic heterocycles. The molecule has 4 heteroatoms. The number of aryl methyl sites for hydroxylation is 1. The van der Waals surface area contributed by atoms with E-state index in [0.717, 1.165) is 19.6 Å². The fourth-order valence-electron chi connectivity index (χ4n) is 1.45. The fraction of sp³-hybridized carbons (Fsp3) is 0.583. The van der Waals surface area contributed by atoms with Crippen LogP contribution < -0.4 is 5.32 Å². The summed E-state index contributed by atoms with van der Waals surface area (Å²) < 4.78 is 2.06. The summed E-state index contributed by atoms with van der Waals surface area (Å²) in [5.41, 5.74) is 1.26. The zero-order chi connectivity index (χ0) is 12.0. The Balaban J connectivity index is 2.37. The molecule has 0 aliphatic rings. The highest BCUT2D eigenvalue weighted by atomic mass is 16.2. The molecule has 0 fully saturated rings. The van der Waals surface area contributed by atoms with Crippen LogP contribution in [0, 0.1) is 0 Å². The topological polar surface area (TPSA) is 37.3 Å². The zero-order valence-corrected chi connectivity index (χ0v) is 10.4. The predicted octanol–water partition coefficient (Wildman–Crippen LogP) is 1.08. The standard InChI is InChI=1S/C12H21N3O/c1-4-13-9-11-5-7-15(10-11)8-6-12(16)14(2)3/h5,7,10,13H,4,6,8-9H2,1-3H3. The molecular weight excluding hydrogens is 202 g/mol. The van der Waals surface area contributed by atoms with E-state index in [9.17, 15) is 4.79 Å². The largest absolute Gasteiger partial charge is 0.353 e. The lowest BCUT2D eigenvalue weighted by Gasteiger charge is -2.10. The van der Waals surface area contributed by atoms with E-state index in [1.165, 1.54) is 5.56 Å². The molecule has 1 aromatic heterocycles. The third-order valence-electron chi connectivity index (χ3n) is 2.47.